The van der Waals surface area contributed by atoms with Crippen LogP contribution in [0.2, 0.25) is 0 Å². The number of aryl methyl sites for hydroxylation is 1. The van der Waals surface area contributed by atoms with Crippen LogP contribution in [0, 0.1) is 16.0 Å². The molecule has 0 spiro atoms. The van der Waals surface area contributed by atoms with Gasteiger partial charge in [0.2, 0.25) is 0 Å². The summed E-state index contributed by atoms with van der Waals surface area (Å²) in [6.45, 7) is 4.99. The second-order valence-corrected chi connectivity index (χ2v) is 16.3. The van der Waals surface area contributed by atoms with Crippen LogP contribution in [0.5, 0.6) is 11.5 Å². The number of benzene rings is 3. The lowest BCUT2D eigenvalue weighted by Crippen LogP contribution is -2.47. The molecule has 3 aromatic carbocycles. The van der Waals surface area contributed by atoms with E-state index in [0.29, 0.717) is 37.2 Å². The van der Waals surface area contributed by atoms with Crippen LogP contribution in [-0.4, -0.2) is 80.1 Å². The molecule has 15 heteroatoms. The Morgan fingerprint density at radius 2 is 1.80 bits per heavy atom. The molecule has 0 unspecified atom stereocenters. The first-order chi connectivity index (χ1) is 27.2. The van der Waals surface area contributed by atoms with Crippen LogP contribution in [0.25, 0.3) is 11.0 Å². The van der Waals surface area contributed by atoms with E-state index in [4.69, 9.17) is 9.47 Å². The molecule has 8 rings (SSSR count). The zero-order chi connectivity index (χ0) is 38.6. The molecular weight excluding hydrogens is 735 g/mol. The third kappa shape index (κ3) is 8.20. The number of carbonyl (C=O) groups is 1. The van der Waals surface area contributed by atoms with Crippen molar-refractivity contribution in [3.8, 4) is 11.5 Å². The molecule has 0 radical (unpaired) electrons. The number of ether oxygens (including phenoxy) is 2. The Morgan fingerprint density at radius 3 is 2.62 bits per heavy atom. The highest BCUT2D eigenvalue weighted by Gasteiger charge is 2.30. The summed E-state index contributed by atoms with van der Waals surface area (Å²) in [5.41, 5.74) is 4.14. The van der Waals surface area contributed by atoms with Gasteiger partial charge in [0.15, 0.2) is 0 Å². The van der Waals surface area contributed by atoms with Gasteiger partial charge in [-0.15, -0.1) is 0 Å². The van der Waals surface area contributed by atoms with E-state index in [0.717, 1.165) is 69.0 Å². The molecule has 3 aliphatic rings. The van der Waals surface area contributed by atoms with Crippen LogP contribution >= 0.6 is 0 Å². The summed E-state index contributed by atoms with van der Waals surface area (Å²) in [6.07, 6.45) is 9.59. The molecule has 2 aromatic heterocycles. The normalized spacial score (nSPS) is 18.2. The summed E-state index contributed by atoms with van der Waals surface area (Å²) in [5.74, 6) is -0.153. The molecule has 2 aliphatic heterocycles. The van der Waals surface area contributed by atoms with E-state index >= 15 is 0 Å². The van der Waals surface area contributed by atoms with Gasteiger partial charge < -0.3 is 24.7 Å². The van der Waals surface area contributed by atoms with Gasteiger partial charge >= 0.3 is 0 Å². The number of nitro groups is 1. The van der Waals surface area contributed by atoms with Gasteiger partial charge in [-0.25, -0.2) is 18.1 Å². The lowest BCUT2D eigenvalue weighted by molar-refractivity contribution is -0.384. The predicted molar refractivity (Wildman–Crippen MR) is 213 cm³/mol. The van der Waals surface area contributed by atoms with E-state index in [1.165, 1.54) is 42.3 Å². The zero-order valence-corrected chi connectivity index (χ0v) is 31.8. The first kappa shape index (κ1) is 37.4. The lowest BCUT2D eigenvalue weighted by Gasteiger charge is -2.40. The number of rotatable bonds is 11. The zero-order valence-electron chi connectivity index (χ0n) is 31.0. The monoisotopic (exact) mass is 779 g/mol. The van der Waals surface area contributed by atoms with Gasteiger partial charge in [-0.3, -0.25) is 19.8 Å². The number of aromatic nitrogens is 2. The average molecular weight is 780 g/mol. The highest BCUT2D eigenvalue weighted by Crippen LogP contribution is 2.36. The third-order valence-electron chi connectivity index (χ3n) is 11.1. The maximum Gasteiger partial charge on any atom is 0.293 e. The van der Waals surface area contributed by atoms with E-state index in [9.17, 15) is 23.3 Å². The fourth-order valence-electron chi connectivity index (χ4n) is 8.07. The number of H-pyrrole nitrogens is 1. The van der Waals surface area contributed by atoms with Crippen molar-refractivity contribution < 1.29 is 27.6 Å². The van der Waals surface area contributed by atoms with Crippen molar-refractivity contribution in [3.05, 3.63) is 112 Å². The number of aromatic amines is 1. The summed E-state index contributed by atoms with van der Waals surface area (Å²) in [4.78, 5) is 37.1. The number of hydrogen-bond acceptors (Lipinski definition) is 11. The number of hydrogen-bond donors (Lipinski definition) is 3. The minimum Gasteiger partial charge on any atom is -0.455 e. The number of sulfonamides is 1. The van der Waals surface area contributed by atoms with Crippen molar-refractivity contribution in [3.63, 3.8) is 0 Å². The summed E-state index contributed by atoms with van der Waals surface area (Å²) in [5, 5.41) is 15.9. The second kappa shape index (κ2) is 16.3. The van der Waals surface area contributed by atoms with Gasteiger partial charge in [-0.1, -0.05) is 30.7 Å². The molecule has 4 heterocycles. The number of nitrogens with zero attached hydrogens (tertiary/aromatic N) is 4. The first-order valence-corrected chi connectivity index (χ1v) is 20.7. The van der Waals surface area contributed by atoms with E-state index in [1.54, 1.807) is 30.5 Å². The minimum atomic E-state index is -4.53. The number of piperazine rings is 1. The minimum absolute atomic E-state index is 0.0237. The topological polar surface area (TPSA) is 172 Å². The fraction of sp³-hybridized carbons (Fsp3) is 0.366. The Balaban J connectivity index is 1.02. The Kier molecular flexibility index (Phi) is 10.9. The highest BCUT2D eigenvalue weighted by molar-refractivity contribution is 7.90. The lowest BCUT2D eigenvalue weighted by atomic mass is 9.97. The Labute approximate surface area is 325 Å². The van der Waals surface area contributed by atoms with Crippen LogP contribution in [0.15, 0.2) is 90.1 Å². The number of pyridine rings is 1. The predicted octanol–water partition coefficient (Wildman–Crippen LogP) is 6.81. The Morgan fingerprint density at radius 1 is 0.982 bits per heavy atom. The number of carbonyl (C=O) groups excluding carboxylic acids is 1. The standard InChI is InChI=1S/C41H45N7O7S/c49-41(45-56(52,53)33-10-12-36(38(25-33)48(50)51)43-26-28-14-21-54-22-15-28)35-11-9-31(24-39(35)55-32-23-30-13-16-42-40(30)44-27-32)46-17-19-47(20-18-46)37-8-4-2-6-29-5-1-3-7-34(29)37/h1,3,5,7,9-13,16,23-25,27-28,37,43H,2,4,6,8,14-15,17-22,26H2,(H,42,44)(H,45,49)/t37-/m1/s1. The molecular formula is C41H45N7O7S. The molecule has 2 saturated heterocycles. The first-order valence-electron chi connectivity index (χ1n) is 19.2. The Bertz CT molecular complexity index is 2340. The Hall–Kier alpha value is -5.51. The van der Waals surface area contributed by atoms with Crippen LogP contribution in [0.3, 0.4) is 0 Å². The average Bonchev–Trinajstić information content (AvgIpc) is 3.58. The molecule has 1 atom stereocenters. The molecule has 1 aliphatic carbocycles. The summed E-state index contributed by atoms with van der Waals surface area (Å²) >= 11 is 0. The molecule has 5 aromatic rings. The van der Waals surface area contributed by atoms with E-state index in [1.807, 2.05) is 6.07 Å². The second-order valence-electron chi connectivity index (χ2n) is 14.7. The van der Waals surface area contributed by atoms with Gasteiger partial charge in [-0.2, -0.15) is 0 Å². The SMILES string of the molecule is O=C(NS(=O)(=O)c1ccc(NCC2CCOCC2)c([N+](=O)[O-])c1)c1ccc(N2CCN([C@@H]3CCCCc4ccccc43)CC2)cc1Oc1cnc2[nH]ccc2c1. The quantitative estimate of drug-likeness (QED) is 0.0731. The van der Waals surface area contributed by atoms with Gasteiger partial charge in [0, 0.05) is 81.4 Å². The highest BCUT2D eigenvalue weighted by atomic mass is 32.2. The van der Waals surface area contributed by atoms with E-state index < -0.39 is 31.4 Å². The van der Waals surface area contributed by atoms with Gasteiger partial charge in [0.25, 0.3) is 21.6 Å². The molecule has 2 fully saturated rings. The van der Waals surface area contributed by atoms with Crippen molar-refractivity contribution in [1.29, 1.82) is 0 Å². The summed E-state index contributed by atoms with van der Waals surface area (Å²) < 4.78 is 41.0. The van der Waals surface area contributed by atoms with Gasteiger partial charge in [-0.05, 0) is 85.5 Å². The van der Waals surface area contributed by atoms with Gasteiger partial charge in [0.1, 0.15) is 22.8 Å². The number of fused-ring (bicyclic) bond motifs is 2. The molecule has 0 saturated carbocycles. The molecule has 14 nitrogen and oxygen atoms in total. The van der Waals surface area contributed by atoms with Crippen molar-refractivity contribution >= 4 is 44.0 Å². The number of nitro benzene ring substituents is 1. The molecule has 1 amide bonds. The van der Waals surface area contributed by atoms with Crippen molar-refractivity contribution in [2.75, 3.05) is 56.2 Å². The molecule has 3 N–H and O–H groups in total. The van der Waals surface area contributed by atoms with Crippen molar-refractivity contribution in [1.82, 2.24) is 19.6 Å². The van der Waals surface area contributed by atoms with Crippen LogP contribution in [0.1, 0.15) is 59.6 Å². The molecule has 0 bridgehead atoms. The van der Waals surface area contributed by atoms with Gasteiger partial charge in [0.05, 0.1) is 21.6 Å². The number of anilines is 2. The van der Waals surface area contributed by atoms with Crippen LogP contribution < -0.4 is 19.7 Å². The maximum absolute atomic E-state index is 13.8. The number of nitrogens with one attached hydrogen (secondary N) is 3. The molecule has 292 valence electrons. The third-order valence-corrected chi connectivity index (χ3v) is 12.5. The van der Waals surface area contributed by atoms with E-state index in [-0.39, 0.29) is 22.9 Å². The van der Waals surface area contributed by atoms with E-state index in [2.05, 4.69) is 54.1 Å². The van der Waals surface area contributed by atoms with Crippen molar-refractivity contribution in [2.24, 2.45) is 5.92 Å². The van der Waals surface area contributed by atoms with Crippen LogP contribution in [-0.2, 0) is 21.2 Å². The summed E-state index contributed by atoms with van der Waals surface area (Å²) in [7, 11) is -4.53. The summed E-state index contributed by atoms with van der Waals surface area (Å²) in [6, 6.07) is 21.5. The largest absolute Gasteiger partial charge is 0.455 e. The maximum atomic E-state index is 13.8. The van der Waals surface area contributed by atoms with Crippen LogP contribution in [0.4, 0.5) is 17.1 Å². The molecule has 56 heavy (non-hydrogen) atoms. The number of amides is 1. The van der Waals surface area contributed by atoms with Crippen molar-refractivity contribution in [2.45, 2.75) is 49.5 Å². The smallest absolute Gasteiger partial charge is 0.293 e. The fourth-order valence-corrected chi connectivity index (χ4v) is 9.05.